The molecular weight excluding hydrogens is 148 g/mol. The fourth-order valence-corrected chi connectivity index (χ4v) is 0.387. The molecular formula is C6H8F4. The molecule has 1 atom stereocenters. The van der Waals surface area contributed by atoms with Crippen LogP contribution in [0.25, 0.3) is 0 Å². The van der Waals surface area contributed by atoms with Crippen LogP contribution < -0.4 is 0 Å². The summed E-state index contributed by atoms with van der Waals surface area (Å²) in [5, 5.41) is 0. The summed E-state index contributed by atoms with van der Waals surface area (Å²) in [6.07, 6.45) is -4.58. The molecule has 0 aliphatic rings. The van der Waals surface area contributed by atoms with Gasteiger partial charge in [-0.1, -0.05) is 6.08 Å². The lowest BCUT2D eigenvalue weighted by molar-refractivity contribution is -0.222. The van der Waals surface area contributed by atoms with E-state index in [-0.39, 0.29) is 0 Å². The van der Waals surface area contributed by atoms with Crippen molar-refractivity contribution in [3.8, 4) is 0 Å². The van der Waals surface area contributed by atoms with Crippen molar-refractivity contribution in [3.05, 3.63) is 12.7 Å². The summed E-state index contributed by atoms with van der Waals surface area (Å²) in [7, 11) is 0. The van der Waals surface area contributed by atoms with E-state index in [1.165, 1.54) is 0 Å². The van der Waals surface area contributed by atoms with Crippen molar-refractivity contribution in [1.29, 1.82) is 0 Å². The first kappa shape index (κ1) is 9.46. The molecule has 0 heterocycles. The van der Waals surface area contributed by atoms with Crippen LogP contribution in [-0.2, 0) is 0 Å². The number of hydrogen-bond acceptors (Lipinski definition) is 0. The van der Waals surface area contributed by atoms with Gasteiger partial charge >= 0.3 is 6.18 Å². The SMILES string of the molecule is C=CCC(C)(F)C(F)(F)F. The minimum Gasteiger partial charge on any atom is -0.234 e. The van der Waals surface area contributed by atoms with Crippen LogP contribution in [0.2, 0.25) is 0 Å². The zero-order valence-electron chi connectivity index (χ0n) is 5.50. The first-order valence-electron chi connectivity index (χ1n) is 2.68. The van der Waals surface area contributed by atoms with Gasteiger partial charge in [0.2, 0.25) is 5.67 Å². The highest BCUT2D eigenvalue weighted by Gasteiger charge is 2.50. The van der Waals surface area contributed by atoms with Crippen LogP contribution in [0.4, 0.5) is 17.6 Å². The van der Waals surface area contributed by atoms with Crippen LogP contribution in [0.15, 0.2) is 12.7 Å². The molecule has 0 aromatic rings. The summed E-state index contributed by atoms with van der Waals surface area (Å²) in [4.78, 5) is 0. The van der Waals surface area contributed by atoms with Gasteiger partial charge in [0, 0.05) is 6.42 Å². The van der Waals surface area contributed by atoms with E-state index < -0.39 is 18.3 Å². The summed E-state index contributed by atoms with van der Waals surface area (Å²) < 4.78 is 47.2. The van der Waals surface area contributed by atoms with E-state index in [0.717, 1.165) is 6.08 Å². The molecule has 0 amide bonds. The Hall–Kier alpha value is -0.540. The maximum Gasteiger partial charge on any atom is 0.422 e. The summed E-state index contributed by atoms with van der Waals surface area (Å²) in [6, 6.07) is 0. The lowest BCUT2D eigenvalue weighted by atomic mass is 10.0. The Labute approximate surface area is 56.5 Å². The van der Waals surface area contributed by atoms with Crippen molar-refractivity contribution < 1.29 is 17.6 Å². The van der Waals surface area contributed by atoms with E-state index in [4.69, 9.17) is 0 Å². The van der Waals surface area contributed by atoms with Crippen molar-refractivity contribution in [2.24, 2.45) is 0 Å². The largest absolute Gasteiger partial charge is 0.422 e. The second kappa shape index (κ2) is 2.60. The quantitative estimate of drug-likeness (QED) is 0.426. The molecule has 60 valence electrons. The van der Waals surface area contributed by atoms with Gasteiger partial charge in [-0.25, -0.2) is 4.39 Å². The summed E-state index contributed by atoms with van der Waals surface area (Å²) in [6.45, 7) is 3.51. The predicted octanol–water partition coefficient (Wildman–Crippen LogP) is 2.85. The Morgan fingerprint density at radius 1 is 1.30 bits per heavy atom. The van der Waals surface area contributed by atoms with Gasteiger partial charge in [0.05, 0.1) is 0 Å². The monoisotopic (exact) mass is 156 g/mol. The third kappa shape index (κ3) is 2.01. The highest BCUT2D eigenvalue weighted by Crippen LogP contribution is 2.36. The Balaban J connectivity index is 4.23. The van der Waals surface area contributed by atoms with E-state index in [1.54, 1.807) is 0 Å². The molecule has 0 aliphatic carbocycles. The Bertz CT molecular complexity index is 122. The molecule has 0 nitrogen and oxygen atoms in total. The zero-order valence-corrected chi connectivity index (χ0v) is 5.50. The molecule has 0 N–H and O–H groups in total. The van der Waals surface area contributed by atoms with Gasteiger partial charge in [-0.05, 0) is 6.92 Å². The van der Waals surface area contributed by atoms with Crippen molar-refractivity contribution in [3.63, 3.8) is 0 Å². The fourth-order valence-electron chi connectivity index (χ4n) is 0.387. The normalized spacial score (nSPS) is 18.1. The van der Waals surface area contributed by atoms with Crippen LogP contribution in [-0.4, -0.2) is 11.8 Å². The Morgan fingerprint density at radius 3 is 1.80 bits per heavy atom. The van der Waals surface area contributed by atoms with Gasteiger partial charge < -0.3 is 0 Å². The maximum absolute atomic E-state index is 12.4. The molecule has 0 rings (SSSR count). The van der Waals surface area contributed by atoms with Crippen molar-refractivity contribution >= 4 is 0 Å². The van der Waals surface area contributed by atoms with Crippen molar-refractivity contribution in [2.75, 3.05) is 0 Å². The van der Waals surface area contributed by atoms with Gasteiger partial charge in [-0.3, -0.25) is 0 Å². The van der Waals surface area contributed by atoms with Crippen LogP contribution in [0, 0.1) is 0 Å². The summed E-state index contributed by atoms with van der Waals surface area (Å²) in [5.41, 5.74) is -3.13. The third-order valence-electron chi connectivity index (χ3n) is 1.12. The van der Waals surface area contributed by atoms with Crippen LogP contribution in [0.3, 0.4) is 0 Å². The second-order valence-corrected chi connectivity index (χ2v) is 2.19. The lowest BCUT2D eigenvalue weighted by Gasteiger charge is -2.21. The van der Waals surface area contributed by atoms with Gasteiger partial charge in [0.25, 0.3) is 0 Å². The second-order valence-electron chi connectivity index (χ2n) is 2.19. The lowest BCUT2D eigenvalue weighted by Crippen LogP contribution is -2.36. The standard InChI is InChI=1S/C6H8F4/c1-3-4-5(2,7)6(8,9)10/h3H,1,4H2,2H3. The summed E-state index contributed by atoms with van der Waals surface area (Å²) >= 11 is 0. The van der Waals surface area contributed by atoms with Gasteiger partial charge in [-0.2, -0.15) is 13.2 Å². The van der Waals surface area contributed by atoms with E-state index in [1.807, 2.05) is 0 Å². The molecule has 1 unspecified atom stereocenters. The third-order valence-corrected chi connectivity index (χ3v) is 1.12. The van der Waals surface area contributed by atoms with Gasteiger partial charge in [0.1, 0.15) is 0 Å². The molecule has 0 aromatic heterocycles. The van der Waals surface area contributed by atoms with E-state index >= 15 is 0 Å². The highest BCUT2D eigenvalue weighted by atomic mass is 19.4. The highest BCUT2D eigenvalue weighted by molar-refractivity contribution is 4.88. The zero-order chi connectivity index (χ0) is 8.41. The van der Waals surface area contributed by atoms with Gasteiger partial charge in [-0.15, -0.1) is 6.58 Å². The smallest absolute Gasteiger partial charge is 0.234 e. The van der Waals surface area contributed by atoms with Crippen molar-refractivity contribution in [2.45, 2.75) is 25.2 Å². The average molecular weight is 156 g/mol. The number of halogens is 4. The van der Waals surface area contributed by atoms with Gasteiger partial charge in [0.15, 0.2) is 0 Å². The predicted molar refractivity (Wildman–Crippen MR) is 30.4 cm³/mol. The fraction of sp³-hybridized carbons (Fsp3) is 0.667. The first-order valence-corrected chi connectivity index (χ1v) is 2.68. The minimum absolute atomic E-state index is 0.495. The minimum atomic E-state index is -4.79. The van der Waals surface area contributed by atoms with Crippen LogP contribution in [0.5, 0.6) is 0 Å². The molecule has 10 heavy (non-hydrogen) atoms. The molecule has 0 radical (unpaired) electrons. The maximum atomic E-state index is 12.4. The number of alkyl halides is 4. The topological polar surface area (TPSA) is 0 Å². The molecule has 0 aliphatic heterocycles. The molecule has 0 saturated carbocycles. The number of hydrogen-bond donors (Lipinski definition) is 0. The molecule has 0 fully saturated rings. The Kier molecular flexibility index (Phi) is 2.46. The number of allylic oxidation sites excluding steroid dienone is 1. The van der Waals surface area contributed by atoms with Crippen LogP contribution >= 0.6 is 0 Å². The van der Waals surface area contributed by atoms with E-state index in [0.29, 0.717) is 6.92 Å². The van der Waals surface area contributed by atoms with Crippen molar-refractivity contribution in [1.82, 2.24) is 0 Å². The summed E-state index contributed by atoms with van der Waals surface area (Å²) in [5.74, 6) is 0. The number of rotatable bonds is 2. The molecule has 0 saturated heterocycles. The molecule has 4 heteroatoms. The first-order chi connectivity index (χ1) is 4.31. The molecule has 0 bridgehead atoms. The van der Waals surface area contributed by atoms with Crippen LogP contribution in [0.1, 0.15) is 13.3 Å². The molecule has 0 aromatic carbocycles. The van der Waals surface area contributed by atoms with E-state index in [9.17, 15) is 17.6 Å². The molecule has 0 spiro atoms. The average Bonchev–Trinajstić information content (AvgIpc) is 1.61. The van der Waals surface area contributed by atoms with E-state index in [2.05, 4.69) is 6.58 Å². The Morgan fingerprint density at radius 2 is 1.70 bits per heavy atom.